The molecule has 1 fully saturated rings. The number of carbonyl (C=O) groups excluding carboxylic acids is 2. The van der Waals surface area contributed by atoms with E-state index >= 15 is 0 Å². The van der Waals surface area contributed by atoms with Crippen molar-refractivity contribution in [3.63, 3.8) is 0 Å². The Bertz CT molecular complexity index is 906. The zero-order valence-electron chi connectivity index (χ0n) is 17.1. The molecule has 1 aliphatic heterocycles. The van der Waals surface area contributed by atoms with E-state index in [0.717, 1.165) is 5.56 Å². The smallest absolute Gasteiger partial charge is 0.341 e. The Morgan fingerprint density at radius 2 is 1.80 bits per heavy atom. The molecule has 0 saturated carbocycles. The summed E-state index contributed by atoms with van der Waals surface area (Å²) in [4.78, 5) is 37.1. The highest BCUT2D eigenvalue weighted by molar-refractivity contribution is 6.00. The maximum Gasteiger partial charge on any atom is 0.341 e. The van der Waals surface area contributed by atoms with Crippen molar-refractivity contribution in [2.45, 2.75) is 32.7 Å². The summed E-state index contributed by atoms with van der Waals surface area (Å²) < 4.78 is 5.10. The van der Waals surface area contributed by atoms with E-state index in [1.165, 1.54) is 5.56 Å². The molecule has 1 atom stereocenters. The van der Waals surface area contributed by atoms with Gasteiger partial charge in [0.1, 0.15) is 5.75 Å². The summed E-state index contributed by atoms with van der Waals surface area (Å²) >= 11 is 0. The van der Waals surface area contributed by atoms with E-state index in [1.54, 1.807) is 29.2 Å². The van der Waals surface area contributed by atoms with Gasteiger partial charge in [0.05, 0.1) is 5.92 Å². The van der Waals surface area contributed by atoms with Gasteiger partial charge >= 0.3 is 5.97 Å². The van der Waals surface area contributed by atoms with Crippen molar-refractivity contribution in [3.05, 3.63) is 59.7 Å². The van der Waals surface area contributed by atoms with Crippen LogP contribution in [-0.2, 0) is 20.9 Å². The lowest BCUT2D eigenvalue weighted by Gasteiger charge is -2.17. The molecule has 30 heavy (non-hydrogen) atoms. The number of carboxylic acid groups (broad SMARTS) is 1. The van der Waals surface area contributed by atoms with Gasteiger partial charge in [-0.1, -0.05) is 38.1 Å². The number of amides is 2. The average molecular weight is 410 g/mol. The van der Waals surface area contributed by atoms with Gasteiger partial charge in [-0.3, -0.25) is 9.59 Å². The Labute approximate surface area is 175 Å². The second-order valence-electron chi connectivity index (χ2n) is 7.70. The molecule has 2 N–H and O–H groups in total. The summed E-state index contributed by atoms with van der Waals surface area (Å²) in [6, 6.07) is 14.7. The molecular formula is C23H26N2O5. The van der Waals surface area contributed by atoms with Crippen LogP contribution in [0.25, 0.3) is 0 Å². The fourth-order valence-electron chi connectivity index (χ4n) is 3.35. The van der Waals surface area contributed by atoms with E-state index in [2.05, 4.69) is 31.3 Å². The number of anilines is 1. The quantitative estimate of drug-likeness (QED) is 0.698. The highest BCUT2D eigenvalue weighted by Gasteiger charge is 2.35. The van der Waals surface area contributed by atoms with Crippen LogP contribution in [0.1, 0.15) is 37.3 Å². The van der Waals surface area contributed by atoms with Crippen LogP contribution in [0, 0.1) is 5.92 Å². The number of rotatable bonds is 8. The molecule has 158 valence electrons. The van der Waals surface area contributed by atoms with Crippen molar-refractivity contribution >= 4 is 23.5 Å². The van der Waals surface area contributed by atoms with Crippen LogP contribution in [0.5, 0.6) is 5.75 Å². The number of ether oxygens (including phenoxy) is 1. The molecule has 3 rings (SSSR count). The number of nitrogens with one attached hydrogen (secondary N) is 1. The van der Waals surface area contributed by atoms with Crippen molar-refractivity contribution in [2.24, 2.45) is 5.92 Å². The molecule has 0 spiro atoms. The number of hydrogen-bond acceptors (Lipinski definition) is 4. The number of nitrogens with zero attached hydrogens (tertiary/aromatic N) is 1. The lowest BCUT2D eigenvalue weighted by atomic mass is 10.0. The lowest BCUT2D eigenvalue weighted by Crippen LogP contribution is -2.32. The van der Waals surface area contributed by atoms with Gasteiger partial charge in [0, 0.05) is 25.2 Å². The average Bonchev–Trinajstić information content (AvgIpc) is 3.13. The molecular weight excluding hydrogens is 384 g/mol. The molecule has 0 unspecified atom stereocenters. The summed E-state index contributed by atoms with van der Waals surface area (Å²) in [6.45, 7) is 4.58. The summed E-state index contributed by atoms with van der Waals surface area (Å²) in [5, 5.41) is 11.6. The van der Waals surface area contributed by atoms with Gasteiger partial charge in [-0.25, -0.2) is 4.79 Å². The molecule has 2 aromatic rings. The summed E-state index contributed by atoms with van der Waals surface area (Å²) in [5.74, 6) is -0.850. The highest BCUT2D eigenvalue weighted by Crippen LogP contribution is 2.27. The van der Waals surface area contributed by atoms with E-state index < -0.39 is 18.5 Å². The first-order valence-corrected chi connectivity index (χ1v) is 9.95. The molecule has 7 nitrogen and oxygen atoms in total. The van der Waals surface area contributed by atoms with Crippen LogP contribution in [-0.4, -0.2) is 36.0 Å². The molecule has 0 bridgehead atoms. The number of aliphatic carboxylic acids is 1. The maximum absolute atomic E-state index is 12.6. The van der Waals surface area contributed by atoms with Crippen LogP contribution in [0.15, 0.2) is 48.5 Å². The monoisotopic (exact) mass is 410 g/mol. The van der Waals surface area contributed by atoms with Crippen LogP contribution in [0.4, 0.5) is 5.69 Å². The summed E-state index contributed by atoms with van der Waals surface area (Å²) in [7, 11) is 0. The number of benzene rings is 2. The predicted molar refractivity (Wildman–Crippen MR) is 112 cm³/mol. The zero-order valence-corrected chi connectivity index (χ0v) is 17.1. The van der Waals surface area contributed by atoms with Crippen molar-refractivity contribution in [1.29, 1.82) is 0 Å². The Morgan fingerprint density at radius 3 is 2.40 bits per heavy atom. The molecule has 2 aromatic carbocycles. The Kier molecular flexibility index (Phi) is 6.72. The third-order valence-electron chi connectivity index (χ3n) is 5.12. The first kappa shape index (κ1) is 21.4. The molecule has 0 radical (unpaired) electrons. The zero-order chi connectivity index (χ0) is 21.7. The van der Waals surface area contributed by atoms with E-state index in [-0.39, 0.29) is 18.2 Å². The molecule has 0 aliphatic carbocycles. The van der Waals surface area contributed by atoms with Crippen molar-refractivity contribution < 1.29 is 24.2 Å². The van der Waals surface area contributed by atoms with E-state index in [9.17, 15) is 14.4 Å². The fraction of sp³-hybridized carbons (Fsp3) is 0.348. The van der Waals surface area contributed by atoms with Gasteiger partial charge in [0.15, 0.2) is 6.61 Å². The Balaban J connectivity index is 1.54. The van der Waals surface area contributed by atoms with E-state index in [1.807, 2.05) is 12.1 Å². The standard InChI is InChI=1S/C23H26N2O5/c1-15(2)17-5-3-16(4-6-17)12-24-23(29)18-11-21(26)25(13-18)19-7-9-20(10-8-19)30-14-22(27)28/h3-10,15,18H,11-14H2,1-2H3,(H,24,29)(H,27,28)/t18-/m1/s1. The summed E-state index contributed by atoms with van der Waals surface area (Å²) in [5.41, 5.74) is 2.93. The van der Waals surface area contributed by atoms with Crippen molar-refractivity contribution in [1.82, 2.24) is 5.32 Å². The molecule has 1 heterocycles. The molecule has 1 aliphatic rings. The maximum atomic E-state index is 12.6. The van der Waals surface area contributed by atoms with Crippen LogP contribution in [0.2, 0.25) is 0 Å². The predicted octanol–water partition coefficient (Wildman–Crippen LogP) is 2.94. The second kappa shape index (κ2) is 9.43. The number of carbonyl (C=O) groups is 3. The minimum absolute atomic E-state index is 0.115. The Morgan fingerprint density at radius 1 is 1.13 bits per heavy atom. The molecule has 7 heteroatoms. The minimum Gasteiger partial charge on any atom is -0.482 e. The molecule has 2 amide bonds. The normalized spacial score (nSPS) is 16.0. The molecule has 1 saturated heterocycles. The number of carboxylic acids is 1. The van der Waals surface area contributed by atoms with Crippen LogP contribution >= 0.6 is 0 Å². The highest BCUT2D eigenvalue weighted by atomic mass is 16.5. The third kappa shape index (κ3) is 5.37. The fourth-order valence-corrected chi connectivity index (χ4v) is 3.35. The first-order chi connectivity index (χ1) is 14.3. The van der Waals surface area contributed by atoms with Crippen molar-refractivity contribution in [3.8, 4) is 5.75 Å². The van der Waals surface area contributed by atoms with Crippen LogP contribution in [0.3, 0.4) is 0 Å². The largest absolute Gasteiger partial charge is 0.482 e. The van der Waals surface area contributed by atoms with Gasteiger partial charge in [-0.05, 0) is 41.3 Å². The Hall–Kier alpha value is -3.35. The van der Waals surface area contributed by atoms with Crippen LogP contribution < -0.4 is 15.0 Å². The van der Waals surface area contributed by atoms with E-state index in [4.69, 9.17) is 9.84 Å². The number of hydrogen-bond donors (Lipinski definition) is 2. The SMILES string of the molecule is CC(C)c1ccc(CNC(=O)[C@@H]2CC(=O)N(c3ccc(OCC(=O)O)cc3)C2)cc1. The summed E-state index contributed by atoms with van der Waals surface area (Å²) in [6.07, 6.45) is 0.162. The topological polar surface area (TPSA) is 95.9 Å². The minimum atomic E-state index is -1.06. The van der Waals surface area contributed by atoms with Gasteiger partial charge in [-0.2, -0.15) is 0 Å². The van der Waals surface area contributed by atoms with Gasteiger partial charge < -0.3 is 20.1 Å². The van der Waals surface area contributed by atoms with Gasteiger partial charge in [-0.15, -0.1) is 0 Å². The lowest BCUT2D eigenvalue weighted by molar-refractivity contribution is -0.139. The third-order valence-corrected chi connectivity index (χ3v) is 5.12. The van der Waals surface area contributed by atoms with Gasteiger partial charge in [0.2, 0.25) is 11.8 Å². The molecule has 0 aromatic heterocycles. The first-order valence-electron chi connectivity index (χ1n) is 9.95. The van der Waals surface area contributed by atoms with E-state index in [0.29, 0.717) is 30.4 Å². The van der Waals surface area contributed by atoms with Gasteiger partial charge in [0.25, 0.3) is 0 Å². The second-order valence-corrected chi connectivity index (χ2v) is 7.70. The van der Waals surface area contributed by atoms with Crippen molar-refractivity contribution in [2.75, 3.05) is 18.1 Å².